The van der Waals surface area contributed by atoms with Gasteiger partial charge in [-0.25, -0.2) is 0 Å². The molecule has 2 aromatic heterocycles. The van der Waals surface area contributed by atoms with Gasteiger partial charge in [-0.1, -0.05) is 12.1 Å². The van der Waals surface area contributed by atoms with E-state index in [-0.39, 0.29) is 23.1 Å². The molecule has 0 aliphatic heterocycles. The van der Waals surface area contributed by atoms with Crippen molar-refractivity contribution < 1.29 is 9.21 Å². The maximum Gasteiger partial charge on any atom is 0.287 e. The Kier molecular flexibility index (Phi) is 3.45. The Morgan fingerprint density at radius 1 is 1.38 bits per heavy atom. The molecule has 0 saturated heterocycles. The van der Waals surface area contributed by atoms with Crippen molar-refractivity contribution in [1.29, 1.82) is 0 Å². The first-order valence-electron chi connectivity index (χ1n) is 7.98. The molecule has 2 heterocycles. The summed E-state index contributed by atoms with van der Waals surface area (Å²) in [7, 11) is 1.91. The predicted molar refractivity (Wildman–Crippen MR) is 88.8 cm³/mol. The first-order valence-corrected chi connectivity index (χ1v) is 7.98. The summed E-state index contributed by atoms with van der Waals surface area (Å²) in [6.45, 7) is 0. The van der Waals surface area contributed by atoms with Gasteiger partial charge in [0.25, 0.3) is 5.91 Å². The predicted octanol–water partition coefficient (Wildman–Crippen LogP) is 2.33. The number of hydrogen-bond donors (Lipinski definition) is 1. The van der Waals surface area contributed by atoms with Crippen LogP contribution in [-0.2, 0) is 13.5 Å². The molecule has 1 aliphatic rings. The molecule has 0 fully saturated rings. The van der Waals surface area contributed by atoms with Crippen molar-refractivity contribution in [2.24, 2.45) is 7.05 Å². The van der Waals surface area contributed by atoms with E-state index in [1.807, 2.05) is 11.7 Å². The Morgan fingerprint density at radius 2 is 2.21 bits per heavy atom. The molecule has 4 rings (SSSR count). The summed E-state index contributed by atoms with van der Waals surface area (Å²) in [5.74, 6) is -0.339. The quantitative estimate of drug-likeness (QED) is 0.785. The molecule has 6 nitrogen and oxygen atoms in total. The molecule has 0 unspecified atom stereocenters. The molecule has 0 radical (unpaired) electrons. The highest BCUT2D eigenvalue weighted by atomic mass is 16.3. The van der Waals surface area contributed by atoms with Crippen LogP contribution in [0.1, 0.15) is 40.7 Å². The van der Waals surface area contributed by atoms with Gasteiger partial charge in [0.1, 0.15) is 5.58 Å². The van der Waals surface area contributed by atoms with Gasteiger partial charge in [-0.15, -0.1) is 0 Å². The largest absolute Gasteiger partial charge is 0.451 e. The lowest BCUT2D eigenvalue weighted by molar-refractivity contribution is 0.0905. The lowest BCUT2D eigenvalue weighted by Gasteiger charge is -2.23. The highest BCUT2D eigenvalue weighted by Gasteiger charge is 2.26. The van der Waals surface area contributed by atoms with E-state index in [0.29, 0.717) is 11.0 Å². The van der Waals surface area contributed by atoms with E-state index < -0.39 is 0 Å². The zero-order valence-corrected chi connectivity index (χ0v) is 13.3. The van der Waals surface area contributed by atoms with Gasteiger partial charge in [-0.2, -0.15) is 5.10 Å². The Hall–Kier alpha value is -2.89. The van der Waals surface area contributed by atoms with Gasteiger partial charge in [0, 0.05) is 24.4 Å². The van der Waals surface area contributed by atoms with Gasteiger partial charge in [0.05, 0.1) is 17.6 Å². The molecule has 1 aliphatic carbocycles. The van der Waals surface area contributed by atoms with Crippen LogP contribution in [0.2, 0.25) is 0 Å². The summed E-state index contributed by atoms with van der Waals surface area (Å²) >= 11 is 0. The topological polar surface area (TPSA) is 77.1 Å². The number of hydrogen-bond acceptors (Lipinski definition) is 4. The van der Waals surface area contributed by atoms with Gasteiger partial charge < -0.3 is 9.73 Å². The molecule has 24 heavy (non-hydrogen) atoms. The summed E-state index contributed by atoms with van der Waals surface area (Å²) in [6.07, 6.45) is 4.60. The van der Waals surface area contributed by atoms with Gasteiger partial charge in [0.15, 0.2) is 11.2 Å². The van der Waals surface area contributed by atoms with E-state index in [4.69, 9.17) is 4.42 Å². The van der Waals surface area contributed by atoms with Crippen molar-refractivity contribution in [3.05, 3.63) is 63.8 Å². The number of aromatic nitrogens is 2. The number of aryl methyl sites for hydroxylation is 1. The number of carbonyl (C=O) groups is 1. The minimum absolute atomic E-state index is 0.0368. The van der Waals surface area contributed by atoms with Crippen LogP contribution in [-0.4, -0.2) is 15.7 Å². The van der Waals surface area contributed by atoms with Crippen molar-refractivity contribution in [3.8, 4) is 0 Å². The first-order chi connectivity index (χ1) is 11.6. The molecule has 1 amide bonds. The third kappa shape index (κ3) is 2.40. The third-order valence-corrected chi connectivity index (χ3v) is 4.54. The Morgan fingerprint density at radius 3 is 3.08 bits per heavy atom. The van der Waals surface area contributed by atoms with Gasteiger partial charge in [0.2, 0.25) is 0 Å². The molecule has 1 atom stereocenters. The van der Waals surface area contributed by atoms with Crippen molar-refractivity contribution in [2.45, 2.75) is 25.3 Å². The monoisotopic (exact) mass is 323 g/mol. The molecule has 1 N–H and O–H groups in total. The zero-order valence-electron chi connectivity index (χ0n) is 13.3. The van der Waals surface area contributed by atoms with E-state index in [0.717, 1.165) is 30.5 Å². The third-order valence-electron chi connectivity index (χ3n) is 4.54. The maximum atomic E-state index is 12.6. The van der Waals surface area contributed by atoms with Gasteiger partial charge in [-0.3, -0.25) is 14.3 Å². The molecule has 3 aromatic rings. The maximum absolute atomic E-state index is 12.6. The normalized spacial score (nSPS) is 16.8. The van der Waals surface area contributed by atoms with Gasteiger partial charge >= 0.3 is 0 Å². The van der Waals surface area contributed by atoms with Crippen LogP contribution >= 0.6 is 0 Å². The molecule has 0 saturated carbocycles. The summed E-state index contributed by atoms with van der Waals surface area (Å²) in [4.78, 5) is 24.7. The fraction of sp³-hybridized carbons (Fsp3) is 0.278. The van der Waals surface area contributed by atoms with Crippen LogP contribution < -0.4 is 10.7 Å². The fourth-order valence-electron chi connectivity index (χ4n) is 3.30. The number of para-hydroxylation sites is 1. The molecule has 6 heteroatoms. The number of rotatable bonds is 2. The van der Waals surface area contributed by atoms with Crippen LogP contribution in [0.25, 0.3) is 11.0 Å². The lowest BCUT2D eigenvalue weighted by Crippen LogP contribution is -2.31. The van der Waals surface area contributed by atoms with Crippen LogP contribution in [0.4, 0.5) is 0 Å². The van der Waals surface area contributed by atoms with Crippen molar-refractivity contribution >= 4 is 16.9 Å². The van der Waals surface area contributed by atoms with E-state index in [1.165, 1.54) is 6.07 Å². The number of amides is 1. The van der Waals surface area contributed by atoms with E-state index in [2.05, 4.69) is 10.4 Å². The highest BCUT2D eigenvalue weighted by molar-refractivity contribution is 5.93. The Labute approximate surface area is 138 Å². The molecule has 0 spiro atoms. The Balaban J connectivity index is 1.65. The van der Waals surface area contributed by atoms with Crippen LogP contribution in [0, 0.1) is 0 Å². The van der Waals surface area contributed by atoms with E-state index in [9.17, 15) is 9.59 Å². The summed E-state index contributed by atoms with van der Waals surface area (Å²) in [5, 5.41) is 7.72. The Bertz CT molecular complexity index is 987. The molecule has 0 bridgehead atoms. The average molecular weight is 323 g/mol. The second-order valence-corrected chi connectivity index (χ2v) is 6.06. The van der Waals surface area contributed by atoms with Crippen LogP contribution in [0.15, 0.2) is 45.7 Å². The second kappa shape index (κ2) is 5.63. The smallest absolute Gasteiger partial charge is 0.287 e. The molecular formula is C18H17N3O3. The standard InChI is InChI=1S/C18H17N3O3/c1-21-14-7-4-6-13(12(14)10-19-21)20-18(23)17-9-15(22)11-5-2-3-8-16(11)24-17/h2-3,5,8-10,13H,4,6-7H2,1H3,(H,20,23)/t13-/m0/s1. The minimum Gasteiger partial charge on any atom is -0.451 e. The molecule has 1 aromatic carbocycles. The molecule has 122 valence electrons. The summed E-state index contributed by atoms with van der Waals surface area (Å²) < 4.78 is 7.46. The van der Waals surface area contributed by atoms with Crippen LogP contribution in [0.5, 0.6) is 0 Å². The zero-order chi connectivity index (χ0) is 16.7. The highest BCUT2D eigenvalue weighted by Crippen LogP contribution is 2.29. The molecular weight excluding hydrogens is 306 g/mol. The number of nitrogens with zero attached hydrogens (tertiary/aromatic N) is 2. The summed E-state index contributed by atoms with van der Waals surface area (Å²) in [5.41, 5.74) is 2.39. The summed E-state index contributed by atoms with van der Waals surface area (Å²) in [6, 6.07) is 8.07. The van der Waals surface area contributed by atoms with Crippen molar-refractivity contribution in [1.82, 2.24) is 15.1 Å². The average Bonchev–Trinajstić information content (AvgIpc) is 2.97. The van der Waals surface area contributed by atoms with Crippen LogP contribution in [0.3, 0.4) is 0 Å². The van der Waals surface area contributed by atoms with E-state index in [1.54, 1.807) is 30.5 Å². The minimum atomic E-state index is -0.375. The lowest BCUT2D eigenvalue weighted by atomic mass is 9.93. The second-order valence-electron chi connectivity index (χ2n) is 6.06. The number of nitrogens with one attached hydrogen (secondary N) is 1. The first kappa shape index (κ1) is 14.7. The van der Waals surface area contributed by atoms with Crippen molar-refractivity contribution in [2.75, 3.05) is 0 Å². The number of fused-ring (bicyclic) bond motifs is 2. The fourth-order valence-corrected chi connectivity index (χ4v) is 3.30. The number of carbonyl (C=O) groups excluding carboxylic acids is 1. The van der Waals surface area contributed by atoms with Gasteiger partial charge in [-0.05, 0) is 31.4 Å². The number of benzene rings is 1. The van der Waals surface area contributed by atoms with E-state index >= 15 is 0 Å². The SMILES string of the molecule is Cn1ncc2c1CCC[C@@H]2NC(=O)c1cc(=O)c2ccccc2o1. The van der Waals surface area contributed by atoms with Crippen molar-refractivity contribution in [3.63, 3.8) is 0 Å².